The molecule has 0 aliphatic heterocycles. The van der Waals surface area contributed by atoms with E-state index in [9.17, 15) is 22.8 Å². The van der Waals surface area contributed by atoms with Crippen LogP contribution in [0.1, 0.15) is 17.3 Å². The SMILES string of the molecule is CC(OC(=O)c1cccc(Cl)c1)C(=O)Nc1ccc(OC(F)(F)F)cc1. The van der Waals surface area contributed by atoms with Crippen molar-refractivity contribution in [3.63, 3.8) is 0 Å². The summed E-state index contributed by atoms with van der Waals surface area (Å²) < 4.78 is 45.0. The molecule has 0 spiro atoms. The molecule has 5 nitrogen and oxygen atoms in total. The topological polar surface area (TPSA) is 64.6 Å². The molecule has 26 heavy (non-hydrogen) atoms. The molecule has 0 saturated heterocycles. The molecule has 0 aromatic heterocycles. The number of rotatable bonds is 5. The molecular weight excluding hydrogens is 375 g/mol. The first kappa shape index (κ1) is 19.6. The van der Waals surface area contributed by atoms with E-state index in [2.05, 4.69) is 10.1 Å². The van der Waals surface area contributed by atoms with Crippen molar-refractivity contribution in [3.8, 4) is 5.75 Å². The second kappa shape index (κ2) is 8.09. The molecule has 2 aromatic carbocycles. The number of halogens is 4. The first-order valence-electron chi connectivity index (χ1n) is 7.27. The van der Waals surface area contributed by atoms with Crippen LogP contribution in [0.2, 0.25) is 5.02 Å². The fraction of sp³-hybridized carbons (Fsp3) is 0.176. The number of carbonyl (C=O) groups excluding carboxylic acids is 2. The van der Waals surface area contributed by atoms with Crippen LogP contribution >= 0.6 is 11.6 Å². The Morgan fingerprint density at radius 2 is 1.77 bits per heavy atom. The zero-order chi connectivity index (χ0) is 19.3. The van der Waals surface area contributed by atoms with Crippen molar-refractivity contribution >= 4 is 29.2 Å². The molecule has 2 rings (SSSR count). The van der Waals surface area contributed by atoms with Crippen LogP contribution < -0.4 is 10.1 Å². The number of hydrogen-bond acceptors (Lipinski definition) is 4. The normalized spacial score (nSPS) is 12.2. The zero-order valence-electron chi connectivity index (χ0n) is 13.3. The smallest absolute Gasteiger partial charge is 0.449 e. The van der Waals surface area contributed by atoms with Gasteiger partial charge in [-0.2, -0.15) is 0 Å². The van der Waals surface area contributed by atoms with Crippen LogP contribution in [0, 0.1) is 0 Å². The third-order valence-corrected chi connectivity index (χ3v) is 3.30. The predicted molar refractivity (Wildman–Crippen MR) is 88.1 cm³/mol. The van der Waals surface area contributed by atoms with Gasteiger partial charge in [0.2, 0.25) is 0 Å². The lowest BCUT2D eigenvalue weighted by Gasteiger charge is -2.14. The maximum absolute atomic E-state index is 12.1. The molecule has 1 unspecified atom stereocenters. The fourth-order valence-electron chi connectivity index (χ4n) is 1.88. The van der Waals surface area contributed by atoms with Crippen molar-refractivity contribution in [1.82, 2.24) is 0 Å². The molecule has 0 aliphatic rings. The van der Waals surface area contributed by atoms with Crippen molar-refractivity contribution in [2.45, 2.75) is 19.4 Å². The number of anilines is 1. The van der Waals surface area contributed by atoms with E-state index in [1.807, 2.05) is 0 Å². The van der Waals surface area contributed by atoms with Gasteiger partial charge in [-0.25, -0.2) is 4.79 Å². The van der Waals surface area contributed by atoms with Gasteiger partial charge in [0, 0.05) is 10.7 Å². The summed E-state index contributed by atoms with van der Waals surface area (Å²) >= 11 is 5.78. The van der Waals surface area contributed by atoms with Gasteiger partial charge in [0.15, 0.2) is 6.10 Å². The summed E-state index contributed by atoms with van der Waals surface area (Å²) in [6, 6.07) is 10.6. The lowest BCUT2D eigenvalue weighted by atomic mass is 10.2. The lowest BCUT2D eigenvalue weighted by Crippen LogP contribution is -2.30. The Morgan fingerprint density at radius 1 is 1.12 bits per heavy atom. The van der Waals surface area contributed by atoms with Crippen molar-refractivity contribution in [2.24, 2.45) is 0 Å². The van der Waals surface area contributed by atoms with Gasteiger partial charge >= 0.3 is 12.3 Å². The molecule has 1 atom stereocenters. The minimum Gasteiger partial charge on any atom is -0.449 e. The molecule has 0 aliphatic carbocycles. The van der Waals surface area contributed by atoms with Crippen LogP contribution in [0.3, 0.4) is 0 Å². The van der Waals surface area contributed by atoms with E-state index >= 15 is 0 Å². The van der Waals surface area contributed by atoms with E-state index in [-0.39, 0.29) is 11.3 Å². The van der Waals surface area contributed by atoms with E-state index in [0.29, 0.717) is 5.02 Å². The number of carbonyl (C=O) groups is 2. The molecule has 0 radical (unpaired) electrons. The van der Waals surface area contributed by atoms with Crippen LogP contribution in [-0.2, 0) is 9.53 Å². The zero-order valence-corrected chi connectivity index (χ0v) is 14.1. The number of alkyl halides is 3. The van der Waals surface area contributed by atoms with Crippen molar-refractivity contribution < 1.29 is 32.2 Å². The number of amides is 1. The summed E-state index contributed by atoms with van der Waals surface area (Å²) in [5, 5.41) is 2.77. The molecule has 2 aromatic rings. The standard InChI is InChI=1S/C17H13ClF3NO4/c1-10(25-16(24)11-3-2-4-12(18)9-11)15(23)22-13-5-7-14(8-6-13)26-17(19,20)21/h2-10H,1H3,(H,22,23). The highest BCUT2D eigenvalue weighted by atomic mass is 35.5. The maximum Gasteiger partial charge on any atom is 0.573 e. The number of hydrogen-bond donors (Lipinski definition) is 1. The van der Waals surface area contributed by atoms with Gasteiger partial charge in [0.25, 0.3) is 5.91 Å². The summed E-state index contributed by atoms with van der Waals surface area (Å²) in [5.74, 6) is -1.80. The molecule has 0 bridgehead atoms. The second-order valence-corrected chi connectivity index (χ2v) is 5.56. The highest BCUT2D eigenvalue weighted by Gasteiger charge is 2.31. The van der Waals surface area contributed by atoms with Crippen molar-refractivity contribution in [1.29, 1.82) is 0 Å². The molecule has 0 heterocycles. The number of ether oxygens (including phenoxy) is 2. The van der Waals surface area contributed by atoms with Crippen molar-refractivity contribution in [3.05, 3.63) is 59.1 Å². The Labute approximate surface area is 151 Å². The van der Waals surface area contributed by atoms with Crippen LogP contribution in [0.5, 0.6) is 5.75 Å². The van der Waals surface area contributed by atoms with E-state index < -0.39 is 30.1 Å². The molecule has 1 amide bonds. The first-order chi connectivity index (χ1) is 12.1. The first-order valence-corrected chi connectivity index (χ1v) is 7.65. The monoisotopic (exact) mass is 387 g/mol. The lowest BCUT2D eigenvalue weighted by molar-refractivity contribution is -0.274. The summed E-state index contributed by atoms with van der Waals surface area (Å²) in [5.41, 5.74) is 0.404. The summed E-state index contributed by atoms with van der Waals surface area (Å²) in [6.45, 7) is 1.36. The van der Waals surface area contributed by atoms with Crippen LogP contribution in [-0.4, -0.2) is 24.3 Å². The average Bonchev–Trinajstić information content (AvgIpc) is 2.55. The highest BCUT2D eigenvalue weighted by molar-refractivity contribution is 6.30. The largest absolute Gasteiger partial charge is 0.573 e. The predicted octanol–water partition coefficient (Wildman–Crippen LogP) is 4.42. The van der Waals surface area contributed by atoms with E-state index in [0.717, 1.165) is 12.1 Å². The van der Waals surface area contributed by atoms with Gasteiger partial charge in [-0.15, -0.1) is 13.2 Å². The highest BCUT2D eigenvalue weighted by Crippen LogP contribution is 2.24. The number of esters is 1. The number of benzene rings is 2. The molecule has 138 valence electrons. The molecular formula is C17H13ClF3NO4. The minimum absolute atomic E-state index is 0.186. The van der Waals surface area contributed by atoms with Crippen LogP contribution in [0.15, 0.2) is 48.5 Å². The Hall–Kier alpha value is -2.74. The van der Waals surface area contributed by atoms with Gasteiger partial charge < -0.3 is 14.8 Å². The summed E-state index contributed by atoms with van der Waals surface area (Å²) in [6.07, 6.45) is -5.93. The van der Waals surface area contributed by atoms with Crippen molar-refractivity contribution in [2.75, 3.05) is 5.32 Å². The maximum atomic E-state index is 12.1. The van der Waals surface area contributed by atoms with E-state index in [1.165, 1.54) is 31.2 Å². The molecule has 9 heteroatoms. The molecule has 0 saturated carbocycles. The molecule has 0 fully saturated rings. The fourth-order valence-corrected chi connectivity index (χ4v) is 2.07. The number of nitrogens with one attached hydrogen (secondary N) is 1. The van der Waals surface area contributed by atoms with Crippen LogP contribution in [0.25, 0.3) is 0 Å². The Bertz CT molecular complexity index is 793. The van der Waals surface area contributed by atoms with Gasteiger partial charge in [0.1, 0.15) is 5.75 Å². The van der Waals surface area contributed by atoms with Gasteiger partial charge in [0.05, 0.1) is 5.56 Å². The van der Waals surface area contributed by atoms with Crippen LogP contribution in [0.4, 0.5) is 18.9 Å². The second-order valence-electron chi connectivity index (χ2n) is 5.12. The van der Waals surface area contributed by atoms with E-state index in [1.54, 1.807) is 12.1 Å². The van der Waals surface area contributed by atoms with Gasteiger partial charge in [-0.05, 0) is 49.4 Å². The molecule has 1 N–H and O–H groups in total. The third-order valence-electron chi connectivity index (χ3n) is 3.07. The Kier molecular flexibility index (Phi) is 6.10. The Balaban J connectivity index is 1.93. The average molecular weight is 388 g/mol. The Morgan fingerprint density at radius 3 is 2.35 bits per heavy atom. The quantitative estimate of drug-likeness (QED) is 0.771. The van der Waals surface area contributed by atoms with Gasteiger partial charge in [-0.1, -0.05) is 17.7 Å². The summed E-state index contributed by atoms with van der Waals surface area (Å²) in [4.78, 5) is 24.0. The van der Waals surface area contributed by atoms with E-state index in [4.69, 9.17) is 16.3 Å². The van der Waals surface area contributed by atoms with Gasteiger partial charge in [-0.3, -0.25) is 4.79 Å². The third kappa shape index (κ3) is 5.96. The summed E-state index contributed by atoms with van der Waals surface area (Å²) in [7, 11) is 0. The minimum atomic E-state index is -4.80.